The van der Waals surface area contributed by atoms with Crippen molar-refractivity contribution < 1.29 is 18.3 Å². The molecule has 0 radical (unpaired) electrons. The minimum atomic E-state index is -0.949. The van der Waals surface area contributed by atoms with Crippen LogP contribution in [0.2, 0.25) is 5.02 Å². The number of hydrogen-bond donors (Lipinski definition) is 1. The number of methoxy groups -OCH3 is 1. The number of carbonyl (C=O) groups excluding carboxylic acids is 1. The van der Waals surface area contributed by atoms with Crippen LogP contribution in [0.25, 0.3) is 15.9 Å². The van der Waals surface area contributed by atoms with Crippen molar-refractivity contribution in [2.45, 2.75) is 6.54 Å². The van der Waals surface area contributed by atoms with E-state index >= 15 is 0 Å². The van der Waals surface area contributed by atoms with Gasteiger partial charge in [0.05, 0.1) is 24.0 Å². The molecule has 0 aliphatic carbocycles. The number of nitrogens with zero attached hydrogens (tertiary/aromatic N) is 2. The van der Waals surface area contributed by atoms with Crippen LogP contribution in [-0.2, 0) is 11.3 Å². The lowest BCUT2D eigenvalue weighted by atomic mass is 10.3. The summed E-state index contributed by atoms with van der Waals surface area (Å²) < 4.78 is 34.5. The van der Waals surface area contributed by atoms with Crippen molar-refractivity contribution in [1.82, 2.24) is 9.13 Å². The van der Waals surface area contributed by atoms with Gasteiger partial charge in [-0.3, -0.25) is 14.2 Å². The third kappa shape index (κ3) is 4.02. The SMILES string of the molecule is COc1ccc(Cl)cc1NC(=O)Cn1c(=O)n(-c2cc(F)cc(F)c2)c(=O)c2sccc21. The van der Waals surface area contributed by atoms with Crippen LogP contribution < -0.4 is 21.3 Å². The monoisotopic (exact) mass is 477 g/mol. The summed E-state index contributed by atoms with van der Waals surface area (Å²) in [5.41, 5.74) is -1.41. The Balaban J connectivity index is 1.81. The molecular weight excluding hydrogens is 464 g/mol. The number of thiophene rings is 1. The first-order valence-corrected chi connectivity index (χ1v) is 10.4. The van der Waals surface area contributed by atoms with Crippen LogP contribution in [-0.4, -0.2) is 22.2 Å². The number of benzene rings is 2. The van der Waals surface area contributed by atoms with E-state index in [-0.39, 0.29) is 15.9 Å². The van der Waals surface area contributed by atoms with E-state index in [2.05, 4.69) is 5.32 Å². The molecular formula is C21H14ClF2N3O4S. The van der Waals surface area contributed by atoms with E-state index in [4.69, 9.17) is 16.3 Å². The van der Waals surface area contributed by atoms with Gasteiger partial charge < -0.3 is 10.1 Å². The smallest absolute Gasteiger partial charge is 0.336 e. The highest BCUT2D eigenvalue weighted by atomic mass is 35.5. The quantitative estimate of drug-likeness (QED) is 0.474. The topological polar surface area (TPSA) is 82.3 Å². The van der Waals surface area contributed by atoms with Crippen LogP contribution >= 0.6 is 22.9 Å². The summed E-state index contributed by atoms with van der Waals surface area (Å²) in [5, 5.41) is 4.56. The van der Waals surface area contributed by atoms with Gasteiger partial charge in [-0.2, -0.15) is 0 Å². The summed E-state index contributed by atoms with van der Waals surface area (Å²) in [6.45, 7) is -0.472. The molecule has 2 heterocycles. The minimum absolute atomic E-state index is 0.155. The molecule has 4 rings (SSSR count). The zero-order valence-corrected chi connectivity index (χ0v) is 18.0. The zero-order chi connectivity index (χ0) is 23.0. The molecule has 11 heteroatoms. The van der Waals surface area contributed by atoms with Crippen molar-refractivity contribution in [2.75, 3.05) is 12.4 Å². The first-order chi connectivity index (χ1) is 15.3. The highest BCUT2D eigenvalue weighted by molar-refractivity contribution is 7.17. The van der Waals surface area contributed by atoms with Gasteiger partial charge in [0.1, 0.15) is 28.6 Å². The molecule has 0 aliphatic rings. The minimum Gasteiger partial charge on any atom is -0.495 e. The third-order valence-corrected chi connectivity index (χ3v) is 5.72. The summed E-state index contributed by atoms with van der Waals surface area (Å²) in [4.78, 5) is 38.8. The van der Waals surface area contributed by atoms with Gasteiger partial charge in [0.25, 0.3) is 5.56 Å². The molecule has 7 nitrogen and oxygen atoms in total. The van der Waals surface area contributed by atoms with Crippen molar-refractivity contribution >= 4 is 44.7 Å². The fraction of sp³-hybridized carbons (Fsp3) is 0.0952. The molecule has 0 spiro atoms. The molecule has 2 aromatic carbocycles. The maximum absolute atomic E-state index is 13.7. The number of aromatic nitrogens is 2. The van der Waals surface area contributed by atoms with Gasteiger partial charge >= 0.3 is 5.69 Å². The van der Waals surface area contributed by atoms with Crippen molar-refractivity contribution in [3.05, 3.63) is 85.3 Å². The molecule has 4 aromatic rings. The van der Waals surface area contributed by atoms with E-state index in [0.29, 0.717) is 27.1 Å². The van der Waals surface area contributed by atoms with E-state index in [0.717, 1.165) is 28.0 Å². The fourth-order valence-corrected chi connectivity index (χ4v) is 4.24. The summed E-state index contributed by atoms with van der Waals surface area (Å²) in [5.74, 6) is -2.14. The van der Waals surface area contributed by atoms with Crippen LogP contribution in [0, 0.1) is 11.6 Å². The van der Waals surface area contributed by atoms with Crippen molar-refractivity contribution in [3.63, 3.8) is 0 Å². The number of anilines is 1. The Morgan fingerprint density at radius 1 is 1.12 bits per heavy atom. The number of halogens is 3. The van der Waals surface area contributed by atoms with Crippen LogP contribution in [0.4, 0.5) is 14.5 Å². The molecule has 164 valence electrons. The Bertz CT molecular complexity index is 1460. The second-order valence-electron chi connectivity index (χ2n) is 6.66. The second-order valence-corrected chi connectivity index (χ2v) is 8.02. The molecule has 0 unspecified atom stereocenters. The Morgan fingerprint density at radius 3 is 2.53 bits per heavy atom. The van der Waals surface area contributed by atoms with Crippen molar-refractivity contribution in [2.24, 2.45) is 0 Å². The Labute approximate surface area is 188 Å². The second kappa shape index (κ2) is 8.56. The van der Waals surface area contributed by atoms with Gasteiger partial charge in [0.15, 0.2) is 0 Å². The largest absolute Gasteiger partial charge is 0.495 e. The summed E-state index contributed by atoms with van der Waals surface area (Å²) in [7, 11) is 1.42. The predicted molar refractivity (Wildman–Crippen MR) is 118 cm³/mol. The van der Waals surface area contributed by atoms with E-state index in [1.807, 2.05) is 0 Å². The molecule has 0 saturated heterocycles. The van der Waals surface area contributed by atoms with E-state index < -0.39 is 35.3 Å². The molecule has 1 amide bonds. The highest BCUT2D eigenvalue weighted by Gasteiger charge is 2.19. The van der Waals surface area contributed by atoms with Gasteiger partial charge in [-0.25, -0.2) is 18.1 Å². The molecule has 0 saturated carbocycles. The average Bonchev–Trinajstić information content (AvgIpc) is 3.21. The number of ether oxygens (including phenoxy) is 1. The standard InChI is InChI=1S/C21H14ClF2N3O4S/c1-31-17-3-2-11(22)6-15(17)25-18(28)10-26-16-4-5-32-19(16)20(29)27(21(26)30)14-8-12(23)7-13(24)9-14/h2-9H,10H2,1H3,(H,25,28). The first kappa shape index (κ1) is 21.7. The lowest BCUT2D eigenvalue weighted by Crippen LogP contribution is -2.40. The van der Waals surface area contributed by atoms with E-state index in [1.165, 1.54) is 19.2 Å². The Morgan fingerprint density at radius 2 is 1.84 bits per heavy atom. The molecule has 32 heavy (non-hydrogen) atoms. The Kier molecular flexibility index (Phi) is 5.81. The van der Waals surface area contributed by atoms with Crippen LogP contribution in [0.1, 0.15) is 0 Å². The van der Waals surface area contributed by atoms with Gasteiger partial charge in [-0.15, -0.1) is 11.3 Å². The number of nitrogens with one attached hydrogen (secondary N) is 1. The lowest BCUT2D eigenvalue weighted by molar-refractivity contribution is -0.116. The van der Waals surface area contributed by atoms with Crippen molar-refractivity contribution in [1.29, 1.82) is 0 Å². The summed E-state index contributed by atoms with van der Waals surface area (Å²) in [6.07, 6.45) is 0. The van der Waals surface area contributed by atoms with Gasteiger partial charge in [-0.05, 0) is 41.8 Å². The Hall–Kier alpha value is -3.50. The molecule has 0 fully saturated rings. The normalized spacial score (nSPS) is 11.0. The first-order valence-electron chi connectivity index (χ1n) is 9.11. The van der Waals surface area contributed by atoms with Gasteiger partial charge in [0, 0.05) is 11.1 Å². The molecule has 2 aromatic heterocycles. The average molecular weight is 478 g/mol. The highest BCUT2D eigenvalue weighted by Crippen LogP contribution is 2.27. The van der Waals surface area contributed by atoms with E-state index in [9.17, 15) is 23.2 Å². The number of carbonyl (C=O) groups is 1. The maximum Gasteiger partial charge on any atom is 0.336 e. The van der Waals surface area contributed by atoms with E-state index in [1.54, 1.807) is 17.5 Å². The molecule has 1 N–H and O–H groups in total. The van der Waals surface area contributed by atoms with Crippen LogP contribution in [0.5, 0.6) is 5.75 Å². The number of fused-ring (bicyclic) bond motifs is 1. The summed E-state index contributed by atoms with van der Waals surface area (Å²) in [6, 6.07) is 8.52. The number of hydrogen-bond acceptors (Lipinski definition) is 5. The molecule has 0 aliphatic heterocycles. The van der Waals surface area contributed by atoms with Gasteiger partial charge in [-0.1, -0.05) is 11.6 Å². The number of rotatable bonds is 5. The summed E-state index contributed by atoms with van der Waals surface area (Å²) >= 11 is 7.02. The van der Waals surface area contributed by atoms with Crippen LogP contribution in [0.3, 0.4) is 0 Å². The van der Waals surface area contributed by atoms with Gasteiger partial charge in [0.2, 0.25) is 5.91 Å². The fourth-order valence-electron chi connectivity index (χ4n) is 3.25. The van der Waals surface area contributed by atoms with Crippen LogP contribution in [0.15, 0.2) is 57.4 Å². The number of amides is 1. The maximum atomic E-state index is 13.7. The third-order valence-electron chi connectivity index (χ3n) is 4.60. The molecule has 0 bridgehead atoms. The van der Waals surface area contributed by atoms with Crippen molar-refractivity contribution in [3.8, 4) is 11.4 Å². The predicted octanol–water partition coefficient (Wildman–Crippen LogP) is 3.79. The molecule has 0 atom stereocenters. The lowest BCUT2D eigenvalue weighted by Gasteiger charge is -2.14. The zero-order valence-electron chi connectivity index (χ0n) is 16.4.